The number of piperidine rings is 1. The molecule has 0 aliphatic carbocycles. The molecular formula is C14H18BrN3. The summed E-state index contributed by atoms with van der Waals surface area (Å²) in [4.78, 5) is 6.69. The molecule has 2 N–H and O–H groups in total. The highest BCUT2D eigenvalue weighted by Crippen LogP contribution is 2.14. The first-order chi connectivity index (χ1) is 8.75. The van der Waals surface area contributed by atoms with Crippen LogP contribution in [-0.2, 0) is 0 Å². The van der Waals surface area contributed by atoms with E-state index in [9.17, 15) is 0 Å². The van der Waals surface area contributed by atoms with Crippen molar-refractivity contribution in [1.82, 2.24) is 9.88 Å². The minimum atomic E-state index is 0.634. The maximum absolute atomic E-state index is 5.84. The fraction of sp³-hybridized carbons (Fsp3) is 0.500. The van der Waals surface area contributed by atoms with Gasteiger partial charge in [-0.1, -0.05) is 12.3 Å². The third kappa shape index (κ3) is 4.01. The summed E-state index contributed by atoms with van der Waals surface area (Å²) < 4.78 is 0.888. The lowest BCUT2D eigenvalue weighted by atomic mass is 10.1. The van der Waals surface area contributed by atoms with Crippen LogP contribution < -0.4 is 5.73 Å². The lowest BCUT2D eigenvalue weighted by molar-refractivity contribution is 0.234. The van der Waals surface area contributed by atoms with Crippen molar-refractivity contribution >= 4 is 21.6 Å². The van der Waals surface area contributed by atoms with Crippen molar-refractivity contribution in [2.75, 3.05) is 25.4 Å². The molecule has 3 nitrogen and oxygen atoms in total. The van der Waals surface area contributed by atoms with Crippen LogP contribution in [0.25, 0.3) is 0 Å². The second-order valence-electron chi connectivity index (χ2n) is 4.55. The number of nitrogens with zero attached hydrogens (tertiary/aromatic N) is 2. The zero-order chi connectivity index (χ0) is 12.8. The van der Waals surface area contributed by atoms with Gasteiger partial charge in [0.1, 0.15) is 5.69 Å². The zero-order valence-electron chi connectivity index (χ0n) is 10.5. The normalized spacial score (nSPS) is 16.1. The number of nitrogens with two attached hydrogens (primary N) is 1. The number of halogens is 1. The van der Waals surface area contributed by atoms with E-state index in [0.717, 1.165) is 17.4 Å². The van der Waals surface area contributed by atoms with E-state index in [1.807, 2.05) is 6.07 Å². The molecule has 0 atom stereocenters. The Balaban J connectivity index is 1.84. The lowest BCUT2D eigenvalue weighted by Crippen LogP contribution is -2.30. The molecule has 1 aromatic heterocycles. The highest BCUT2D eigenvalue weighted by atomic mass is 79.9. The van der Waals surface area contributed by atoms with Crippen LogP contribution in [0, 0.1) is 11.8 Å². The Morgan fingerprint density at radius 2 is 2.11 bits per heavy atom. The van der Waals surface area contributed by atoms with Crippen LogP contribution in [0.4, 0.5) is 5.69 Å². The van der Waals surface area contributed by atoms with Crippen LogP contribution in [0.2, 0.25) is 0 Å². The fourth-order valence-electron chi connectivity index (χ4n) is 2.10. The number of likely N-dealkylation sites (tertiary alicyclic amines) is 1. The second kappa shape index (κ2) is 6.77. The molecule has 0 saturated carbocycles. The molecule has 0 amide bonds. The zero-order valence-corrected chi connectivity index (χ0v) is 12.0. The first-order valence-corrected chi connectivity index (χ1v) is 7.17. The minimum absolute atomic E-state index is 0.634. The Labute approximate surface area is 117 Å². The topological polar surface area (TPSA) is 42.1 Å². The van der Waals surface area contributed by atoms with Gasteiger partial charge in [0.25, 0.3) is 0 Å². The molecular weight excluding hydrogens is 290 g/mol. The van der Waals surface area contributed by atoms with Gasteiger partial charge in [0, 0.05) is 23.6 Å². The first kappa shape index (κ1) is 13.4. The molecule has 0 unspecified atom stereocenters. The third-order valence-electron chi connectivity index (χ3n) is 3.09. The average Bonchev–Trinajstić information content (AvgIpc) is 2.38. The van der Waals surface area contributed by atoms with Crippen molar-refractivity contribution in [3.05, 3.63) is 22.4 Å². The summed E-state index contributed by atoms with van der Waals surface area (Å²) in [5.41, 5.74) is 7.15. The molecule has 18 heavy (non-hydrogen) atoms. The summed E-state index contributed by atoms with van der Waals surface area (Å²) >= 11 is 3.33. The lowest BCUT2D eigenvalue weighted by Gasteiger charge is -2.25. The molecule has 0 spiro atoms. The van der Waals surface area contributed by atoms with E-state index in [1.165, 1.54) is 32.4 Å². The van der Waals surface area contributed by atoms with Gasteiger partial charge in [-0.05, 0) is 53.8 Å². The van der Waals surface area contributed by atoms with Crippen LogP contribution in [0.1, 0.15) is 31.4 Å². The Morgan fingerprint density at radius 3 is 2.83 bits per heavy atom. The molecule has 1 saturated heterocycles. The quantitative estimate of drug-likeness (QED) is 0.854. The maximum atomic E-state index is 5.84. The number of pyridine rings is 1. The van der Waals surface area contributed by atoms with Crippen LogP contribution in [-0.4, -0.2) is 29.5 Å². The van der Waals surface area contributed by atoms with Crippen molar-refractivity contribution in [2.24, 2.45) is 0 Å². The van der Waals surface area contributed by atoms with Crippen LogP contribution >= 0.6 is 15.9 Å². The second-order valence-corrected chi connectivity index (χ2v) is 5.46. The molecule has 1 fully saturated rings. The van der Waals surface area contributed by atoms with Crippen molar-refractivity contribution < 1.29 is 0 Å². The standard InChI is InChI=1S/C14H18BrN3/c15-12-10-13(16)14(17-11-12)6-2-5-9-18-7-3-1-4-8-18/h10-11H,1,3-5,7-9,16H2. The van der Waals surface area contributed by atoms with Crippen molar-refractivity contribution in [3.63, 3.8) is 0 Å². The van der Waals surface area contributed by atoms with Gasteiger partial charge < -0.3 is 10.6 Å². The molecule has 0 radical (unpaired) electrons. The number of aromatic nitrogens is 1. The summed E-state index contributed by atoms with van der Waals surface area (Å²) in [7, 11) is 0. The fourth-order valence-corrected chi connectivity index (χ4v) is 2.45. The number of nitrogen functional groups attached to an aromatic ring is 1. The van der Waals surface area contributed by atoms with E-state index >= 15 is 0 Å². The summed E-state index contributed by atoms with van der Waals surface area (Å²) in [5, 5.41) is 0. The van der Waals surface area contributed by atoms with Gasteiger partial charge >= 0.3 is 0 Å². The number of anilines is 1. The molecule has 2 heterocycles. The minimum Gasteiger partial charge on any atom is -0.396 e. The van der Waals surface area contributed by atoms with Gasteiger partial charge in [-0.3, -0.25) is 0 Å². The van der Waals surface area contributed by atoms with Crippen LogP contribution in [0.3, 0.4) is 0 Å². The van der Waals surface area contributed by atoms with Crippen LogP contribution in [0.15, 0.2) is 16.7 Å². The molecule has 2 rings (SSSR count). The number of hydrogen-bond donors (Lipinski definition) is 1. The Hall–Kier alpha value is -1.05. The maximum Gasteiger partial charge on any atom is 0.136 e. The molecule has 1 aliphatic rings. The molecule has 1 aliphatic heterocycles. The largest absolute Gasteiger partial charge is 0.396 e. The van der Waals surface area contributed by atoms with E-state index in [0.29, 0.717) is 11.4 Å². The Morgan fingerprint density at radius 1 is 1.33 bits per heavy atom. The first-order valence-electron chi connectivity index (χ1n) is 6.38. The Kier molecular flexibility index (Phi) is 5.03. The molecule has 0 bridgehead atoms. The number of hydrogen-bond acceptors (Lipinski definition) is 3. The molecule has 0 aromatic carbocycles. The van der Waals surface area contributed by atoms with E-state index in [4.69, 9.17) is 5.73 Å². The highest BCUT2D eigenvalue weighted by Gasteiger charge is 2.08. The number of rotatable bonds is 2. The van der Waals surface area contributed by atoms with Crippen molar-refractivity contribution in [2.45, 2.75) is 25.7 Å². The van der Waals surface area contributed by atoms with E-state index in [2.05, 4.69) is 37.7 Å². The van der Waals surface area contributed by atoms with Gasteiger partial charge in [-0.25, -0.2) is 4.98 Å². The van der Waals surface area contributed by atoms with Gasteiger partial charge in [-0.2, -0.15) is 0 Å². The van der Waals surface area contributed by atoms with Gasteiger partial charge in [0.15, 0.2) is 0 Å². The molecule has 4 heteroatoms. The monoisotopic (exact) mass is 307 g/mol. The van der Waals surface area contributed by atoms with Gasteiger partial charge in [0.05, 0.1) is 5.69 Å². The third-order valence-corrected chi connectivity index (χ3v) is 3.53. The Bertz CT molecular complexity index is 456. The summed E-state index contributed by atoms with van der Waals surface area (Å²) in [6.45, 7) is 3.50. The highest BCUT2D eigenvalue weighted by molar-refractivity contribution is 9.10. The van der Waals surface area contributed by atoms with Crippen molar-refractivity contribution in [3.8, 4) is 11.8 Å². The predicted molar refractivity (Wildman–Crippen MR) is 78.1 cm³/mol. The molecule has 1 aromatic rings. The summed E-state index contributed by atoms with van der Waals surface area (Å²) in [5.74, 6) is 6.21. The molecule has 96 valence electrons. The average molecular weight is 308 g/mol. The smallest absolute Gasteiger partial charge is 0.136 e. The summed E-state index contributed by atoms with van der Waals surface area (Å²) in [6.07, 6.45) is 6.65. The van der Waals surface area contributed by atoms with Crippen molar-refractivity contribution in [1.29, 1.82) is 0 Å². The van der Waals surface area contributed by atoms with E-state index in [-0.39, 0.29) is 0 Å². The predicted octanol–water partition coefficient (Wildman–Crippen LogP) is 2.65. The van der Waals surface area contributed by atoms with Gasteiger partial charge in [-0.15, -0.1) is 0 Å². The SMILES string of the molecule is Nc1cc(Br)cnc1C#CCCN1CCCCC1. The van der Waals surface area contributed by atoms with Gasteiger partial charge in [0.2, 0.25) is 0 Å². The van der Waals surface area contributed by atoms with E-state index in [1.54, 1.807) is 6.20 Å². The van der Waals surface area contributed by atoms with E-state index < -0.39 is 0 Å². The summed E-state index contributed by atoms with van der Waals surface area (Å²) in [6, 6.07) is 1.83. The van der Waals surface area contributed by atoms with Crippen LogP contribution in [0.5, 0.6) is 0 Å².